The second-order valence-electron chi connectivity index (χ2n) is 3.30. The Hall–Kier alpha value is -1.42. The van der Waals surface area contributed by atoms with Crippen molar-refractivity contribution >= 4 is 5.91 Å². The molecule has 0 atom stereocenters. The van der Waals surface area contributed by atoms with Gasteiger partial charge < -0.3 is 10.4 Å². The van der Waals surface area contributed by atoms with Crippen LogP contribution in [0.3, 0.4) is 0 Å². The summed E-state index contributed by atoms with van der Waals surface area (Å²) >= 11 is 0. The molecule has 0 spiro atoms. The molecule has 1 aromatic rings. The summed E-state index contributed by atoms with van der Waals surface area (Å²) in [4.78, 5) is 15.5. The Morgan fingerprint density at radius 2 is 2.36 bits per heavy atom. The topological polar surface area (TPSA) is 62.2 Å². The number of hydrogen-bond acceptors (Lipinski definition) is 3. The van der Waals surface area contributed by atoms with Crippen LogP contribution >= 0.6 is 0 Å². The van der Waals surface area contributed by atoms with Gasteiger partial charge in [0, 0.05) is 17.8 Å². The number of amides is 1. The molecule has 0 fully saturated rings. The van der Waals surface area contributed by atoms with Crippen LogP contribution in [0.25, 0.3) is 0 Å². The molecule has 0 aliphatic rings. The Labute approximate surface area is 83.0 Å². The molecule has 0 aromatic carbocycles. The van der Waals surface area contributed by atoms with Gasteiger partial charge in [0.2, 0.25) is 0 Å². The third-order valence-electron chi connectivity index (χ3n) is 1.70. The predicted octanol–water partition coefficient (Wildman–Crippen LogP) is 0.712. The SMILES string of the molecule is CC(C)NC(=O)c1ncccc1CO. The van der Waals surface area contributed by atoms with Crippen molar-refractivity contribution in [1.29, 1.82) is 0 Å². The minimum atomic E-state index is -0.246. The first-order valence-corrected chi connectivity index (χ1v) is 4.50. The van der Waals surface area contributed by atoms with E-state index >= 15 is 0 Å². The van der Waals surface area contributed by atoms with Crippen molar-refractivity contribution in [3.63, 3.8) is 0 Å². The van der Waals surface area contributed by atoms with Gasteiger partial charge in [-0.2, -0.15) is 0 Å². The van der Waals surface area contributed by atoms with Gasteiger partial charge in [-0.25, -0.2) is 0 Å². The zero-order valence-corrected chi connectivity index (χ0v) is 8.32. The van der Waals surface area contributed by atoms with Crippen molar-refractivity contribution in [3.05, 3.63) is 29.6 Å². The van der Waals surface area contributed by atoms with Crippen molar-refractivity contribution in [2.75, 3.05) is 0 Å². The molecule has 4 heteroatoms. The molecule has 4 nitrogen and oxygen atoms in total. The molecular weight excluding hydrogens is 180 g/mol. The van der Waals surface area contributed by atoms with Gasteiger partial charge in [0.1, 0.15) is 5.69 Å². The molecule has 2 N–H and O–H groups in total. The normalized spacial score (nSPS) is 10.3. The quantitative estimate of drug-likeness (QED) is 0.745. The number of hydrogen-bond donors (Lipinski definition) is 2. The van der Waals surface area contributed by atoms with Crippen LogP contribution in [0, 0.1) is 0 Å². The van der Waals surface area contributed by atoms with Crippen LogP contribution in [0.4, 0.5) is 0 Å². The molecule has 0 aliphatic heterocycles. The number of aromatic nitrogens is 1. The fourth-order valence-electron chi connectivity index (χ4n) is 1.10. The van der Waals surface area contributed by atoms with E-state index in [2.05, 4.69) is 10.3 Å². The number of pyridine rings is 1. The first kappa shape index (κ1) is 10.7. The molecule has 0 bridgehead atoms. The number of aliphatic hydroxyl groups is 1. The van der Waals surface area contributed by atoms with E-state index in [0.29, 0.717) is 11.3 Å². The van der Waals surface area contributed by atoms with E-state index in [-0.39, 0.29) is 18.6 Å². The lowest BCUT2D eigenvalue weighted by Gasteiger charge is -2.09. The summed E-state index contributed by atoms with van der Waals surface area (Å²) in [6, 6.07) is 3.44. The highest BCUT2D eigenvalue weighted by molar-refractivity contribution is 5.93. The van der Waals surface area contributed by atoms with Gasteiger partial charge >= 0.3 is 0 Å². The lowest BCUT2D eigenvalue weighted by atomic mass is 10.2. The first-order valence-electron chi connectivity index (χ1n) is 4.50. The van der Waals surface area contributed by atoms with Crippen molar-refractivity contribution < 1.29 is 9.90 Å². The molecule has 14 heavy (non-hydrogen) atoms. The van der Waals surface area contributed by atoms with Gasteiger partial charge in [0.15, 0.2) is 0 Å². The van der Waals surface area contributed by atoms with E-state index in [0.717, 1.165) is 0 Å². The van der Waals surface area contributed by atoms with Crippen LogP contribution in [0.2, 0.25) is 0 Å². The summed E-state index contributed by atoms with van der Waals surface area (Å²) in [7, 11) is 0. The van der Waals surface area contributed by atoms with Crippen molar-refractivity contribution in [2.45, 2.75) is 26.5 Å². The molecule has 0 radical (unpaired) electrons. The number of carbonyl (C=O) groups is 1. The summed E-state index contributed by atoms with van der Waals surface area (Å²) in [5, 5.41) is 11.7. The molecule has 1 rings (SSSR count). The number of carbonyl (C=O) groups excluding carboxylic acids is 1. The zero-order valence-electron chi connectivity index (χ0n) is 8.32. The monoisotopic (exact) mass is 194 g/mol. The van der Waals surface area contributed by atoms with Crippen molar-refractivity contribution in [1.82, 2.24) is 10.3 Å². The number of nitrogens with zero attached hydrogens (tertiary/aromatic N) is 1. The molecule has 1 amide bonds. The Bertz CT molecular complexity index is 324. The van der Waals surface area contributed by atoms with E-state index in [1.807, 2.05) is 13.8 Å². The summed E-state index contributed by atoms with van der Waals surface area (Å²) in [6.07, 6.45) is 1.54. The average Bonchev–Trinajstić information content (AvgIpc) is 2.16. The maximum atomic E-state index is 11.6. The summed E-state index contributed by atoms with van der Waals surface area (Å²) < 4.78 is 0. The van der Waals surface area contributed by atoms with Crippen LogP contribution in [0.1, 0.15) is 29.9 Å². The standard InChI is InChI=1S/C10H14N2O2/c1-7(2)12-10(14)9-8(6-13)4-3-5-11-9/h3-5,7,13H,6H2,1-2H3,(H,12,14). The second kappa shape index (κ2) is 4.72. The third-order valence-corrected chi connectivity index (χ3v) is 1.70. The highest BCUT2D eigenvalue weighted by Crippen LogP contribution is 2.04. The van der Waals surface area contributed by atoms with Gasteiger partial charge in [-0.05, 0) is 19.9 Å². The second-order valence-corrected chi connectivity index (χ2v) is 3.30. The molecular formula is C10H14N2O2. The Kier molecular flexibility index (Phi) is 3.59. The fourth-order valence-corrected chi connectivity index (χ4v) is 1.10. The van der Waals surface area contributed by atoms with Gasteiger partial charge in [0.25, 0.3) is 5.91 Å². The van der Waals surface area contributed by atoms with Gasteiger partial charge in [-0.1, -0.05) is 6.07 Å². The van der Waals surface area contributed by atoms with Crippen molar-refractivity contribution in [2.24, 2.45) is 0 Å². The van der Waals surface area contributed by atoms with Crippen LogP contribution in [-0.4, -0.2) is 22.0 Å². The largest absolute Gasteiger partial charge is 0.392 e. The highest BCUT2D eigenvalue weighted by Gasteiger charge is 2.12. The third kappa shape index (κ3) is 2.53. The molecule has 1 heterocycles. The number of rotatable bonds is 3. The fraction of sp³-hybridized carbons (Fsp3) is 0.400. The average molecular weight is 194 g/mol. The molecule has 0 saturated heterocycles. The Balaban J connectivity index is 2.88. The maximum Gasteiger partial charge on any atom is 0.270 e. The minimum absolute atomic E-state index is 0.0658. The number of aliphatic hydroxyl groups excluding tert-OH is 1. The predicted molar refractivity (Wildman–Crippen MR) is 52.8 cm³/mol. The highest BCUT2D eigenvalue weighted by atomic mass is 16.3. The van der Waals surface area contributed by atoms with Gasteiger partial charge in [0.05, 0.1) is 6.61 Å². The molecule has 0 unspecified atom stereocenters. The van der Waals surface area contributed by atoms with Crippen LogP contribution in [0.15, 0.2) is 18.3 Å². The maximum absolute atomic E-state index is 11.6. The lowest BCUT2D eigenvalue weighted by molar-refractivity contribution is 0.0934. The minimum Gasteiger partial charge on any atom is -0.392 e. The molecule has 76 valence electrons. The van der Waals surface area contributed by atoms with E-state index in [9.17, 15) is 4.79 Å². The Morgan fingerprint density at radius 3 is 2.93 bits per heavy atom. The molecule has 0 saturated carbocycles. The van der Waals surface area contributed by atoms with Gasteiger partial charge in [-0.3, -0.25) is 9.78 Å². The number of nitrogens with one attached hydrogen (secondary N) is 1. The first-order chi connectivity index (χ1) is 6.65. The van der Waals surface area contributed by atoms with Crippen LogP contribution in [-0.2, 0) is 6.61 Å². The molecule has 0 aliphatic carbocycles. The summed E-state index contributed by atoms with van der Waals surface area (Å²) in [5.74, 6) is -0.246. The van der Waals surface area contributed by atoms with Gasteiger partial charge in [-0.15, -0.1) is 0 Å². The Morgan fingerprint density at radius 1 is 1.64 bits per heavy atom. The van der Waals surface area contributed by atoms with E-state index in [4.69, 9.17) is 5.11 Å². The van der Waals surface area contributed by atoms with Crippen LogP contribution in [0.5, 0.6) is 0 Å². The van der Waals surface area contributed by atoms with E-state index < -0.39 is 0 Å². The zero-order chi connectivity index (χ0) is 10.6. The van der Waals surface area contributed by atoms with Crippen LogP contribution < -0.4 is 5.32 Å². The smallest absolute Gasteiger partial charge is 0.270 e. The lowest BCUT2D eigenvalue weighted by Crippen LogP contribution is -2.31. The van der Waals surface area contributed by atoms with Crippen molar-refractivity contribution in [3.8, 4) is 0 Å². The van der Waals surface area contributed by atoms with E-state index in [1.165, 1.54) is 6.20 Å². The van der Waals surface area contributed by atoms with E-state index in [1.54, 1.807) is 12.1 Å². The summed E-state index contributed by atoms with van der Waals surface area (Å²) in [6.45, 7) is 3.58. The summed E-state index contributed by atoms with van der Waals surface area (Å²) in [5.41, 5.74) is 0.842. The molecule has 1 aromatic heterocycles.